The predicted molar refractivity (Wildman–Crippen MR) is 87.7 cm³/mol. The molecule has 0 spiro atoms. The molecule has 0 aromatic heterocycles. The zero-order valence-corrected chi connectivity index (χ0v) is 14.0. The lowest BCUT2D eigenvalue weighted by Gasteiger charge is -2.33. The molecule has 1 heterocycles. The van der Waals surface area contributed by atoms with Gasteiger partial charge in [0.1, 0.15) is 0 Å². The fraction of sp³-hybridized carbons (Fsp3) is 0.562. The van der Waals surface area contributed by atoms with Crippen LogP contribution in [0.25, 0.3) is 0 Å². The van der Waals surface area contributed by atoms with Crippen LogP contribution in [0, 0.1) is 0 Å². The van der Waals surface area contributed by atoms with E-state index in [0.717, 1.165) is 6.42 Å². The molecule has 1 saturated heterocycles. The lowest BCUT2D eigenvalue weighted by Crippen LogP contribution is -2.53. The summed E-state index contributed by atoms with van der Waals surface area (Å²) < 4.78 is 23.1. The second-order valence-electron chi connectivity index (χ2n) is 5.99. The topological polar surface area (TPSA) is 66.5 Å². The lowest BCUT2D eigenvalue weighted by molar-refractivity contribution is 0.185. The van der Waals surface area contributed by atoms with E-state index in [1.807, 2.05) is 18.2 Å². The van der Waals surface area contributed by atoms with Crippen molar-refractivity contribution in [1.82, 2.24) is 10.2 Å². The highest BCUT2D eigenvalue weighted by molar-refractivity contribution is 7.91. The number of nitrogens with one attached hydrogen (secondary N) is 1. The second-order valence-corrected chi connectivity index (χ2v) is 8.22. The molecule has 0 saturated carbocycles. The average molecular weight is 324 g/mol. The normalized spacial score (nSPS) is 22.1. The van der Waals surface area contributed by atoms with Crippen LogP contribution in [0.5, 0.6) is 0 Å². The first kappa shape index (κ1) is 16.8. The summed E-state index contributed by atoms with van der Waals surface area (Å²) in [4.78, 5) is 13.8. The quantitative estimate of drug-likeness (QED) is 0.921. The summed E-state index contributed by atoms with van der Waals surface area (Å²) >= 11 is 0. The van der Waals surface area contributed by atoms with Crippen molar-refractivity contribution in [2.24, 2.45) is 0 Å². The van der Waals surface area contributed by atoms with Crippen molar-refractivity contribution in [3.8, 4) is 0 Å². The molecule has 5 nitrogen and oxygen atoms in total. The van der Waals surface area contributed by atoms with E-state index in [2.05, 4.69) is 24.4 Å². The van der Waals surface area contributed by atoms with Gasteiger partial charge in [-0.1, -0.05) is 37.3 Å². The molecule has 122 valence electrons. The minimum atomic E-state index is -2.99. The number of sulfone groups is 1. The van der Waals surface area contributed by atoms with E-state index in [4.69, 9.17) is 0 Å². The minimum absolute atomic E-state index is 0.0564. The molecule has 0 radical (unpaired) electrons. The van der Waals surface area contributed by atoms with Crippen LogP contribution in [0.1, 0.15) is 31.7 Å². The van der Waals surface area contributed by atoms with Gasteiger partial charge >= 0.3 is 6.03 Å². The van der Waals surface area contributed by atoms with Crippen molar-refractivity contribution in [1.29, 1.82) is 0 Å². The van der Waals surface area contributed by atoms with Crippen molar-refractivity contribution in [3.63, 3.8) is 0 Å². The summed E-state index contributed by atoms with van der Waals surface area (Å²) in [5, 5.41) is 2.90. The Morgan fingerprint density at radius 1 is 1.36 bits per heavy atom. The van der Waals surface area contributed by atoms with Gasteiger partial charge in [-0.05, 0) is 24.8 Å². The summed E-state index contributed by atoms with van der Waals surface area (Å²) in [5.41, 5.74) is 1.26. The first-order valence-electron chi connectivity index (χ1n) is 7.69. The summed E-state index contributed by atoms with van der Waals surface area (Å²) in [7, 11) is -2.99. The van der Waals surface area contributed by atoms with Crippen molar-refractivity contribution in [2.75, 3.05) is 24.6 Å². The van der Waals surface area contributed by atoms with Crippen molar-refractivity contribution in [3.05, 3.63) is 35.9 Å². The number of carbonyl (C=O) groups is 1. The summed E-state index contributed by atoms with van der Waals surface area (Å²) in [6, 6.07) is 9.77. The summed E-state index contributed by atoms with van der Waals surface area (Å²) in [6.45, 7) is 4.79. The van der Waals surface area contributed by atoms with Crippen LogP contribution in [0.2, 0.25) is 0 Å². The lowest BCUT2D eigenvalue weighted by atomic mass is 9.98. The third-order valence-electron chi connectivity index (χ3n) is 4.15. The smallest absolute Gasteiger partial charge is 0.317 e. The zero-order chi connectivity index (χ0) is 16.2. The molecule has 2 rings (SSSR count). The number of hydrogen-bond acceptors (Lipinski definition) is 3. The van der Waals surface area contributed by atoms with Gasteiger partial charge in [0.05, 0.1) is 11.5 Å². The molecule has 22 heavy (non-hydrogen) atoms. The van der Waals surface area contributed by atoms with E-state index < -0.39 is 9.84 Å². The number of benzene rings is 1. The molecule has 1 fully saturated rings. The molecule has 1 aromatic carbocycles. The van der Waals surface area contributed by atoms with E-state index in [1.54, 1.807) is 11.8 Å². The Hall–Kier alpha value is -1.56. The maximum atomic E-state index is 12.2. The third-order valence-corrected chi connectivity index (χ3v) is 5.95. The Morgan fingerprint density at radius 3 is 2.68 bits per heavy atom. The number of nitrogens with zero attached hydrogens (tertiary/aromatic N) is 1. The largest absolute Gasteiger partial charge is 0.338 e. The molecular formula is C16H24N2O3S. The molecule has 1 aromatic rings. The maximum absolute atomic E-state index is 12.2. The Morgan fingerprint density at radius 2 is 2.05 bits per heavy atom. The van der Waals surface area contributed by atoms with Crippen molar-refractivity contribution >= 4 is 15.9 Å². The SMILES string of the molecule is CC(CCNC(=O)N1CCS(=O)(=O)CC1C)c1ccccc1. The minimum Gasteiger partial charge on any atom is -0.338 e. The molecule has 6 heteroatoms. The van der Waals surface area contributed by atoms with E-state index in [0.29, 0.717) is 12.5 Å². The Labute approximate surface area is 132 Å². The molecule has 0 aliphatic carbocycles. The number of rotatable bonds is 4. The molecule has 2 atom stereocenters. The molecular weight excluding hydrogens is 300 g/mol. The fourth-order valence-electron chi connectivity index (χ4n) is 2.75. The molecule has 1 N–H and O–H groups in total. The molecule has 2 unspecified atom stereocenters. The predicted octanol–water partition coefficient (Wildman–Crippen LogP) is 2.01. The molecule has 1 aliphatic heterocycles. The second kappa shape index (κ2) is 7.13. The Bertz CT molecular complexity index is 601. The van der Waals surface area contributed by atoms with Gasteiger partial charge in [-0.15, -0.1) is 0 Å². The number of carbonyl (C=O) groups excluding carboxylic acids is 1. The van der Waals surface area contributed by atoms with Gasteiger partial charge in [-0.3, -0.25) is 0 Å². The average Bonchev–Trinajstić information content (AvgIpc) is 2.47. The highest BCUT2D eigenvalue weighted by Crippen LogP contribution is 2.17. The maximum Gasteiger partial charge on any atom is 0.317 e. The van der Waals surface area contributed by atoms with Crippen LogP contribution in [0.4, 0.5) is 4.79 Å². The molecule has 2 amide bonds. The van der Waals surface area contributed by atoms with Crippen LogP contribution < -0.4 is 5.32 Å². The van der Waals surface area contributed by atoms with Gasteiger partial charge in [0.2, 0.25) is 0 Å². The highest BCUT2D eigenvalue weighted by atomic mass is 32.2. The van der Waals surface area contributed by atoms with Crippen molar-refractivity contribution < 1.29 is 13.2 Å². The van der Waals surface area contributed by atoms with E-state index in [1.165, 1.54) is 5.56 Å². The van der Waals surface area contributed by atoms with Gasteiger partial charge in [-0.25, -0.2) is 13.2 Å². The Balaban J connectivity index is 1.79. The monoisotopic (exact) mass is 324 g/mol. The summed E-state index contributed by atoms with van der Waals surface area (Å²) in [5.74, 6) is 0.493. The highest BCUT2D eigenvalue weighted by Gasteiger charge is 2.30. The zero-order valence-electron chi connectivity index (χ0n) is 13.2. The van der Waals surface area contributed by atoms with E-state index in [-0.39, 0.29) is 30.1 Å². The first-order valence-corrected chi connectivity index (χ1v) is 9.51. The third kappa shape index (κ3) is 4.47. The number of urea groups is 1. The van der Waals surface area contributed by atoms with Crippen LogP contribution in [0.15, 0.2) is 30.3 Å². The standard InChI is InChI=1S/C16H24N2O3S/c1-13(15-6-4-3-5-7-15)8-9-17-16(19)18-10-11-22(20,21)12-14(18)2/h3-7,13-14H,8-12H2,1-2H3,(H,17,19). The van der Waals surface area contributed by atoms with Gasteiger partial charge in [0.25, 0.3) is 0 Å². The number of hydrogen-bond donors (Lipinski definition) is 1. The van der Waals surface area contributed by atoms with Gasteiger partial charge < -0.3 is 10.2 Å². The number of amides is 2. The van der Waals surface area contributed by atoms with Gasteiger partial charge in [0.15, 0.2) is 9.84 Å². The first-order chi connectivity index (χ1) is 10.4. The van der Waals surface area contributed by atoms with E-state index in [9.17, 15) is 13.2 Å². The van der Waals surface area contributed by atoms with Crippen LogP contribution in [0.3, 0.4) is 0 Å². The summed E-state index contributed by atoms with van der Waals surface area (Å²) in [6.07, 6.45) is 0.857. The fourth-order valence-corrected chi connectivity index (χ4v) is 4.30. The van der Waals surface area contributed by atoms with Gasteiger partial charge in [0, 0.05) is 19.1 Å². The van der Waals surface area contributed by atoms with E-state index >= 15 is 0 Å². The van der Waals surface area contributed by atoms with Crippen molar-refractivity contribution in [2.45, 2.75) is 32.2 Å². The van der Waals surface area contributed by atoms with Crippen LogP contribution >= 0.6 is 0 Å². The van der Waals surface area contributed by atoms with Gasteiger partial charge in [-0.2, -0.15) is 0 Å². The molecule has 1 aliphatic rings. The van der Waals surface area contributed by atoms with Crippen LogP contribution in [-0.2, 0) is 9.84 Å². The molecule has 0 bridgehead atoms. The van der Waals surface area contributed by atoms with Crippen LogP contribution in [-0.4, -0.2) is 50.0 Å². The Kier molecular flexibility index (Phi) is 5.45.